The Bertz CT molecular complexity index is 174. The van der Waals surface area contributed by atoms with Crippen LogP contribution in [0.4, 0.5) is 0 Å². The van der Waals surface area contributed by atoms with E-state index in [2.05, 4.69) is 11.8 Å². The van der Waals surface area contributed by atoms with Gasteiger partial charge in [0.2, 0.25) is 0 Å². The van der Waals surface area contributed by atoms with E-state index in [0.29, 0.717) is 6.04 Å². The summed E-state index contributed by atoms with van der Waals surface area (Å²) in [4.78, 5) is 12.7. The van der Waals surface area contributed by atoms with Crippen molar-refractivity contribution in [2.45, 2.75) is 25.4 Å². The Morgan fingerprint density at radius 1 is 1.75 bits per heavy atom. The third-order valence-electron chi connectivity index (χ3n) is 2.71. The summed E-state index contributed by atoms with van der Waals surface area (Å²) in [5, 5.41) is 8.67. The number of nitrogens with zero attached hydrogens (tertiary/aromatic N) is 1. The maximum Gasteiger partial charge on any atom is 0.320 e. The predicted molar refractivity (Wildman–Crippen MR) is 45.8 cm³/mol. The van der Waals surface area contributed by atoms with Crippen molar-refractivity contribution in [2.24, 2.45) is 11.7 Å². The molecule has 1 fully saturated rings. The lowest BCUT2D eigenvalue weighted by atomic mass is 9.98. The molecule has 1 heterocycles. The minimum Gasteiger partial charge on any atom is -0.480 e. The molecular formula is C8H16N2O2. The van der Waals surface area contributed by atoms with E-state index >= 15 is 0 Å². The average molecular weight is 172 g/mol. The van der Waals surface area contributed by atoms with E-state index in [0.717, 1.165) is 13.0 Å². The first-order valence-electron chi connectivity index (χ1n) is 4.21. The summed E-state index contributed by atoms with van der Waals surface area (Å²) in [6.07, 6.45) is 0.893. The molecule has 0 radical (unpaired) electrons. The average Bonchev–Trinajstić information content (AvgIpc) is 2.30. The van der Waals surface area contributed by atoms with Gasteiger partial charge in [0.25, 0.3) is 0 Å². The zero-order chi connectivity index (χ0) is 9.30. The van der Waals surface area contributed by atoms with E-state index in [9.17, 15) is 4.79 Å². The highest BCUT2D eigenvalue weighted by atomic mass is 16.4. The van der Waals surface area contributed by atoms with Crippen LogP contribution in [0.2, 0.25) is 0 Å². The fourth-order valence-corrected chi connectivity index (χ4v) is 1.70. The van der Waals surface area contributed by atoms with E-state index in [-0.39, 0.29) is 5.92 Å². The van der Waals surface area contributed by atoms with E-state index < -0.39 is 12.0 Å². The van der Waals surface area contributed by atoms with Gasteiger partial charge in [-0.15, -0.1) is 0 Å². The van der Waals surface area contributed by atoms with E-state index in [1.54, 1.807) is 0 Å². The number of hydrogen-bond donors (Lipinski definition) is 2. The Morgan fingerprint density at radius 2 is 2.33 bits per heavy atom. The summed E-state index contributed by atoms with van der Waals surface area (Å²) in [5.74, 6) is -0.773. The maximum absolute atomic E-state index is 10.6. The molecule has 4 nitrogen and oxygen atoms in total. The highest BCUT2D eigenvalue weighted by Gasteiger charge is 2.33. The van der Waals surface area contributed by atoms with Gasteiger partial charge in [0.05, 0.1) is 0 Å². The molecule has 0 spiro atoms. The fraction of sp³-hybridized carbons (Fsp3) is 0.875. The normalized spacial score (nSPS) is 33.6. The summed E-state index contributed by atoms with van der Waals surface area (Å²) >= 11 is 0. The van der Waals surface area contributed by atoms with Gasteiger partial charge in [-0.05, 0) is 26.3 Å². The first kappa shape index (κ1) is 9.48. The molecule has 0 saturated carbocycles. The number of carboxylic acid groups (broad SMARTS) is 1. The number of hydrogen-bond acceptors (Lipinski definition) is 3. The van der Waals surface area contributed by atoms with Crippen LogP contribution in [0.3, 0.4) is 0 Å². The third kappa shape index (κ3) is 1.76. The van der Waals surface area contributed by atoms with Crippen molar-refractivity contribution < 1.29 is 9.90 Å². The van der Waals surface area contributed by atoms with Crippen LogP contribution in [0, 0.1) is 5.92 Å². The molecule has 1 saturated heterocycles. The van der Waals surface area contributed by atoms with Crippen molar-refractivity contribution in [3.05, 3.63) is 0 Å². The highest BCUT2D eigenvalue weighted by molar-refractivity contribution is 5.73. The Labute approximate surface area is 72.3 Å². The second-order valence-electron chi connectivity index (χ2n) is 3.65. The number of nitrogens with two attached hydrogens (primary N) is 1. The van der Waals surface area contributed by atoms with Gasteiger partial charge in [-0.25, -0.2) is 0 Å². The molecule has 0 aliphatic carbocycles. The summed E-state index contributed by atoms with van der Waals surface area (Å²) in [6.45, 7) is 2.89. The molecule has 3 unspecified atom stereocenters. The highest BCUT2D eigenvalue weighted by Crippen LogP contribution is 2.23. The smallest absolute Gasteiger partial charge is 0.320 e. The van der Waals surface area contributed by atoms with Crippen molar-refractivity contribution in [3.63, 3.8) is 0 Å². The molecule has 4 heteroatoms. The van der Waals surface area contributed by atoms with Gasteiger partial charge in [0, 0.05) is 12.6 Å². The largest absolute Gasteiger partial charge is 0.480 e. The first-order chi connectivity index (χ1) is 5.52. The molecule has 0 aromatic heterocycles. The van der Waals surface area contributed by atoms with Gasteiger partial charge in [0.1, 0.15) is 6.04 Å². The Balaban J connectivity index is 2.51. The summed E-state index contributed by atoms with van der Waals surface area (Å²) in [6, 6.07) is -0.238. The molecular weight excluding hydrogens is 156 g/mol. The Morgan fingerprint density at radius 3 is 2.67 bits per heavy atom. The van der Waals surface area contributed by atoms with Gasteiger partial charge in [-0.1, -0.05) is 0 Å². The van der Waals surface area contributed by atoms with Crippen molar-refractivity contribution in [3.8, 4) is 0 Å². The molecule has 3 atom stereocenters. The topological polar surface area (TPSA) is 66.6 Å². The molecule has 70 valence electrons. The lowest BCUT2D eigenvalue weighted by Gasteiger charge is -2.14. The predicted octanol–water partition coefficient (Wildman–Crippen LogP) is -0.261. The van der Waals surface area contributed by atoms with Crippen molar-refractivity contribution in [2.75, 3.05) is 13.6 Å². The van der Waals surface area contributed by atoms with Gasteiger partial charge >= 0.3 is 5.97 Å². The molecule has 0 bridgehead atoms. The SMILES string of the molecule is CC1CC(C(N)C(=O)O)CN1C. The van der Waals surface area contributed by atoms with E-state index in [4.69, 9.17) is 10.8 Å². The molecule has 0 amide bonds. The van der Waals surface area contributed by atoms with Crippen LogP contribution >= 0.6 is 0 Å². The van der Waals surface area contributed by atoms with Gasteiger partial charge < -0.3 is 15.7 Å². The zero-order valence-corrected chi connectivity index (χ0v) is 7.53. The van der Waals surface area contributed by atoms with E-state index in [1.807, 2.05) is 7.05 Å². The lowest BCUT2D eigenvalue weighted by Crippen LogP contribution is -2.39. The van der Waals surface area contributed by atoms with Crippen LogP contribution < -0.4 is 5.73 Å². The molecule has 1 rings (SSSR count). The lowest BCUT2D eigenvalue weighted by molar-refractivity contribution is -0.139. The number of aliphatic carboxylic acids is 1. The van der Waals surface area contributed by atoms with Crippen LogP contribution in [-0.4, -0.2) is 41.7 Å². The second kappa shape index (κ2) is 3.41. The zero-order valence-electron chi connectivity index (χ0n) is 7.53. The second-order valence-corrected chi connectivity index (χ2v) is 3.65. The molecule has 12 heavy (non-hydrogen) atoms. The fourth-order valence-electron chi connectivity index (χ4n) is 1.70. The van der Waals surface area contributed by atoms with Crippen molar-refractivity contribution in [1.29, 1.82) is 0 Å². The Hall–Kier alpha value is -0.610. The summed E-state index contributed by atoms with van der Waals surface area (Å²) in [7, 11) is 2.00. The summed E-state index contributed by atoms with van der Waals surface area (Å²) < 4.78 is 0. The van der Waals surface area contributed by atoms with Gasteiger partial charge in [-0.3, -0.25) is 4.79 Å². The van der Waals surface area contributed by atoms with Gasteiger partial charge in [0.15, 0.2) is 0 Å². The van der Waals surface area contributed by atoms with Crippen molar-refractivity contribution in [1.82, 2.24) is 4.90 Å². The van der Waals surface area contributed by atoms with Crippen LogP contribution in [0.15, 0.2) is 0 Å². The van der Waals surface area contributed by atoms with Crippen LogP contribution in [0.25, 0.3) is 0 Å². The van der Waals surface area contributed by atoms with Crippen LogP contribution in [0.1, 0.15) is 13.3 Å². The number of likely N-dealkylation sites (tertiary alicyclic amines) is 1. The third-order valence-corrected chi connectivity index (χ3v) is 2.71. The molecule has 0 aromatic carbocycles. The van der Waals surface area contributed by atoms with E-state index in [1.165, 1.54) is 0 Å². The quantitative estimate of drug-likeness (QED) is 0.602. The first-order valence-corrected chi connectivity index (χ1v) is 4.21. The number of carbonyl (C=O) groups is 1. The minimum absolute atomic E-state index is 0.113. The maximum atomic E-state index is 10.6. The van der Waals surface area contributed by atoms with Crippen LogP contribution in [-0.2, 0) is 4.79 Å². The Kier molecular flexibility index (Phi) is 2.69. The van der Waals surface area contributed by atoms with Gasteiger partial charge in [-0.2, -0.15) is 0 Å². The monoisotopic (exact) mass is 172 g/mol. The van der Waals surface area contributed by atoms with Crippen LogP contribution in [0.5, 0.6) is 0 Å². The molecule has 0 aromatic rings. The minimum atomic E-state index is -0.887. The number of rotatable bonds is 2. The summed E-state index contributed by atoms with van der Waals surface area (Å²) in [5.41, 5.74) is 5.52. The number of carboxylic acids is 1. The standard InChI is InChI=1S/C8H16N2O2/c1-5-3-6(4-10(5)2)7(9)8(11)12/h5-7H,3-4,9H2,1-2H3,(H,11,12). The molecule has 1 aliphatic rings. The van der Waals surface area contributed by atoms with Crippen molar-refractivity contribution >= 4 is 5.97 Å². The molecule has 3 N–H and O–H groups in total. The molecule has 1 aliphatic heterocycles.